The number of rotatable bonds is 6. The number of fused-ring (bicyclic) bond motifs is 1. The van der Waals surface area contributed by atoms with Gasteiger partial charge in [-0.3, -0.25) is 14.9 Å². The molecule has 2 N–H and O–H groups in total. The molecule has 3 aliphatic rings. The maximum absolute atomic E-state index is 13.6. The van der Waals surface area contributed by atoms with Crippen LogP contribution < -0.4 is 10.1 Å². The van der Waals surface area contributed by atoms with Crippen LogP contribution in [-0.4, -0.2) is 34.5 Å². The van der Waals surface area contributed by atoms with E-state index in [2.05, 4.69) is 5.32 Å². The van der Waals surface area contributed by atoms with Crippen molar-refractivity contribution in [1.29, 1.82) is 0 Å². The first-order valence-electron chi connectivity index (χ1n) is 12.4. The molecule has 1 saturated carbocycles. The minimum absolute atomic E-state index is 0.0547. The van der Waals surface area contributed by atoms with Gasteiger partial charge in [-0.15, -0.1) is 0 Å². The van der Waals surface area contributed by atoms with Crippen molar-refractivity contribution in [2.75, 3.05) is 6.61 Å². The van der Waals surface area contributed by atoms with E-state index in [1.54, 1.807) is 13.8 Å². The van der Waals surface area contributed by atoms with Crippen LogP contribution in [-0.2, 0) is 14.3 Å². The highest BCUT2D eigenvalue weighted by atomic mass is 16.6. The fourth-order valence-corrected chi connectivity index (χ4v) is 5.42. The Hall–Kier alpha value is -3.36. The number of hydrogen-bond donors (Lipinski definition) is 2. The van der Waals surface area contributed by atoms with Crippen LogP contribution in [0, 0.1) is 16.0 Å². The van der Waals surface area contributed by atoms with Gasteiger partial charge in [0, 0.05) is 29.8 Å². The molecule has 188 valence electrons. The highest BCUT2D eigenvalue weighted by Gasteiger charge is 2.44. The molecule has 0 aromatic heterocycles. The lowest BCUT2D eigenvalue weighted by molar-refractivity contribution is -0.386. The molecule has 35 heavy (non-hydrogen) atoms. The third kappa shape index (κ3) is 5.04. The minimum atomic E-state index is -0.799. The van der Waals surface area contributed by atoms with Gasteiger partial charge in [0.25, 0.3) is 0 Å². The van der Waals surface area contributed by atoms with Crippen LogP contribution in [0.1, 0.15) is 76.7 Å². The zero-order valence-corrected chi connectivity index (χ0v) is 20.2. The van der Waals surface area contributed by atoms with Gasteiger partial charge in [0.1, 0.15) is 11.9 Å². The summed E-state index contributed by atoms with van der Waals surface area (Å²) < 4.78 is 11.4. The van der Waals surface area contributed by atoms with Crippen LogP contribution >= 0.6 is 0 Å². The van der Waals surface area contributed by atoms with Crippen LogP contribution in [0.4, 0.5) is 5.69 Å². The summed E-state index contributed by atoms with van der Waals surface area (Å²) in [7, 11) is 0. The molecular weight excluding hydrogens is 452 g/mol. The molecule has 2 unspecified atom stereocenters. The fraction of sp³-hybridized carbons (Fsp3) is 0.538. The number of hydrogen-bond acceptors (Lipinski definition) is 8. The van der Waals surface area contributed by atoms with E-state index < -0.39 is 34.2 Å². The van der Waals surface area contributed by atoms with E-state index in [0.717, 1.165) is 38.5 Å². The van der Waals surface area contributed by atoms with Gasteiger partial charge in [0.2, 0.25) is 5.75 Å². The molecule has 0 bridgehead atoms. The van der Waals surface area contributed by atoms with Gasteiger partial charge in [-0.1, -0.05) is 18.9 Å². The van der Waals surface area contributed by atoms with Gasteiger partial charge < -0.3 is 19.9 Å². The summed E-state index contributed by atoms with van der Waals surface area (Å²) in [5, 5.41) is 25.4. The maximum atomic E-state index is 13.6. The van der Waals surface area contributed by atoms with Gasteiger partial charge in [0.05, 0.1) is 23.0 Å². The summed E-state index contributed by atoms with van der Waals surface area (Å²) >= 11 is 0. The first-order valence-corrected chi connectivity index (χ1v) is 12.4. The van der Waals surface area contributed by atoms with Crippen molar-refractivity contribution in [1.82, 2.24) is 5.32 Å². The van der Waals surface area contributed by atoms with Crippen molar-refractivity contribution in [3.63, 3.8) is 0 Å². The molecule has 1 aromatic rings. The number of carbonyl (C=O) groups is 2. The Labute approximate surface area is 204 Å². The SMILES string of the molecule is CCOc1cc(C2C(C(=O)OC3CCCCCC3)=C(C)NC3=CCCC(=O)C32)cc([N+](=O)[O-])c1O. The Bertz CT molecular complexity index is 1080. The molecule has 9 heteroatoms. The van der Waals surface area contributed by atoms with Crippen LogP contribution in [0.5, 0.6) is 11.5 Å². The van der Waals surface area contributed by atoms with Crippen LogP contribution in [0.25, 0.3) is 0 Å². The summed E-state index contributed by atoms with van der Waals surface area (Å²) in [6.45, 7) is 3.64. The lowest BCUT2D eigenvalue weighted by Gasteiger charge is -2.38. The number of ketones is 1. The van der Waals surface area contributed by atoms with Gasteiger partial charge in [-0.25, -0.2) is 4.79 Å². The molecule has 2 atom stereocenters. The van der Waals surface area contributed by atoms with Gasteiger partial charge in [-0.2, -0.15) is 0 Å². The van der Waals surface area contributed by atoms with E-state index in [1.807, 2.05) is 6.08 Å². The van der Waals surface area contributed by atoms with E-state index in [0.29, 0.717) is 29.8 Å². The number of benzene rings is 1. The number of nitrogens with zero attached hydrogens (tertiary/aromatic N) is 1. The number of nitrogens with one attached hydrogen (secondary N) is 1. The van der Waals surface area contributed by atoms with Crippen molar-refractivity contribution in [2.24, 2.45) is 5.92 Å². The third-order valence-corrected chi connectivity index (χ3v) is 7.05. The quantitative estimate of drug-likeness (QED) is 0.255. The van der Waals surface area contributed by atoms with E-state index in [4.69, 9.17) is 9.47 Å². The van der Waals surface area contributed by atoms with Crippen LogP contribution in [0.2, 0.25) is 0 Å². The fourth-order valence-electron chi connectivity index (χ4n) is 5.42. The van der Waals surface area contributed by atoms with Crippen molar-refractivity contribution in [2.45, 2.75) is 77.2 Å². The predicted octanol–water partition coefficient (Wildman–Crippen LogP) is 4.79. The highest BCUT2D eigenvalue weighted by Crippen LogP contribution is 2.48. The Kier molecular flexibility index (Phi) is 7.42. The third-order valence-electron chi connectivity index (χ3n) is 7.05. The summed E-state index contributed by atoms with van der Waals surface area (Å²) in [6, 6.07) is 2.73. The van der Waals surface area contributed by atoms with Gasteiger partial charge in [0.15, 0.2) is 5.75 Å². The standard InChI is InChI=1S/C26H32N2O7/c1-3-34-21-14-16(13-19(25(21)30)28(32)33)23-22(26(31)35-17-9-6-4-5-7-10-17)15(2)27-18-11-8-12-20(29)24(18)23/h11,13-14,17,23-24,27,30H,3-10,12H2,1-2H3. The lowest BCUT2D eigenvalue weighted by Crippen LogP contribution is -2.41. The molecule has 1 fully saturated rings. The zero-order valence-electron chi connectivity index (χ0n) is 20.2. The number of phenolic OH excluding ortho intramolecular Hbond substituents is 1. The molecule has 1 aliphatic heterocycles. The van der Waals surface area contributed by atoms with Crippen LogP contribution in [0.15, 0.2) is 35.2 Å². The second-order valence-corrected chi connectivity index (χ2v) is 9.38. The second-order valence-electron chi connectivity index (χ2n) is 9.38. The maximum Gasteiger partial charge on any atom is 0.336 e. The molecule has 2 aliphatic carbocycles. The number of esters is 1. The number of carbonyl (C=O) groups excluding carboxylic acids is 2. The molecule has 0 radical (unpaired) electrons. The van der Waals surface area contributed by atoms with Gasteiger partial charge >= 0.3 is 11.7 Å². The van der Waals surface area contributed by atoms with Crippen molar-refractivity contribution < 1.29 is 29.1 Å². The second kappa shape index (κ2) is 10.5. The van der Waals surface area contributed by atoms with E-state index >= 15 is 0 Å². The monoisotopic (exact) mass is 484 g/mol. The smallest absolute Gasteiger partial charge is 0.336 e. The Morgan fingerprint density at radius 1 is 1.20 bits per heavy atom. The van der Waals surface area contributed by atoms with E-state index in [-0.39, 0.29) is 29.8 Å². The summed E-state index contributed by atoms with van der Waals surface area (Å²) in [5.74, 6) is -2.71. The van der Waals surface area contributed by atoms with Crippen molar-refractivity contribution >= 4 is 17.4 Å². The molecule has 0 spiro atoms. The number of aromatic hydroxyl groups is 1. The number of allylic oxidation sites excluding steroid dienone is 3. The first kappa shape index (κ1) is 24.8. The Morgan fingerprint density at radius 3 is 2.57 bits per heavy atom. The molecular formula is C26H32N2O7. The Morgan fingerprint density at radius 2 is 1.91 bits per heavy atom. The summed E-state index contributed by atoms with van der Waals surface area (Å²) in [5.41, 5.74) is 1.35. The average molecular weight is 485 g/mol. The van der Waals surface area contributed by atoms with E-state index in [9.17, 15) is 24.8 Å². The molecule has 9 nitrogen and oxygen atoms in total. The number of Topliss-reactive ketones (excluding diaryl/α,β-unsaturated/α-hetero) is 1. The topological polar surface area (TPSA) is 128 Å². The Balaban J connectivity index is 1.83. The first-order chi connectivity index (χ1) is 16.8. The number of nitro groups is 1. The molecule has 4 rings (SSSR count). The normalized spacial score (nSPS) is 23.0. The van der Waals surface area contributed by atoms with Crippen molar-refractivity contribution in [3.8, 4) is 11.5 Å². The lowest BCUT2D eigenvalue weighted by atomic mass is 9.71. The average Bonchev–Trinajstić information content (AvgIpc) is 3.08. The highest BCUT2D eigenvalue weighted by molar-refractivity contribution is 5.96. The largest absolute Gasteiger partial charge is 0.500 e. The van der Waals surface area contributed by atoms with Crippen LogP contribution in [0.3, 0.4) is 0 Å². The molecule has 0 amide bonds. The van der Waals surface area contributed by atoms with E-state index in [1.165, 1.54) is 12.1 Å². The van der Waals surface area contributed by atoms with Crippen molar-refractivity contribution in [3.05, 3.63) is 50.9 Å². The number of ether oxygens (including phenoxy) is 2. The number of phenols is 1. The summed E-state index contributed by atoms with van der Waals surface area (Å²) in [6.07, 6.45) is 8.44. The molecule has 1 aromatic carbocycles. The predicted molar refractivity (Wildman–Crippen MR) is 128 cm³/mol. The molecule has 1 heterocycles. The van der Waals surface area contributed by atoms with Gasteiger partial charge in [-0.05, 0) is 57.6 Å². The zero-order chi connectivity index (χ0) is 25.1. The minimum Gasteiger partial charge on any atom is -0.500 e. The summed E-state index contributed by atoms with van der Waals surface area (Å²) in [4.78, 5) is 37.8. The number of nitro benzene ring substituents is 1. The molecule has 0 saturated heterocycles.